The molecular weight excluding hydrogens is 166 g/mol. The number of ether oxygens (including phenoxy) is 1. The van der Waals surface area contributed by atoms with Crippen molar-refractivity contribution in [3.63, 3.8) is 0 Å². The van der Waals surface area contributed by atoms with Gasteiger partial charge in [-0.15, -0.1) is 0 Å². The molecule has 2 aromatic rings. The third-order valence-electron chi connectivity index (χ3n) is 2.03. The molecular formula is C10H9NO2. The SMILES string of the molecule is COc1cc2cc[nH]c2cc1C=O. The lowest BCUT2D eigenvalue weighted by molar-refractivity contribution is 0.112. The summed E-state index contributed by atoms with van der Waals surface area (Å²) >= 11 is 0. The van der Waals surface area contributed by atoms with Gasteiger partial charge < -0.3 is 9.72 Å². The molecule has 0 aliphatic carbocycles. The summed E-state index contributed by atoms with van der Waals surface area (Å²) in [5.41, 5.74) is 1.51. The molecule has 1 aromatic heterocycles. The Morgan fingerprint density at radius 1 is 1.46 bits per heavy atom. The molecule has 0 fully saturated rings. The van der Waals surface area contributed by atoms with E-state index in [0.29, 0.717) is 11.3 Å². The van der Waals surface area contributed by atoms with Gasteiger partial charge in [-0.1, -0.05) is 0 Å². The van der Waals surface area contributed by atoms with E-state index in [1.54, 1.807) is 13.2 Å². The number of fused-ring (bicyclic) bond motifs is 1. The number of carbonyl (C=O) groups is 1. The van der Waals surface area contributed by atoms with Crippen LogP contribution in [-0.4, -0.2) is 18.4 Å². The summed E-state index contributed by atoms with van der Waals surface area (Å²) in [6.07, 6.45) is 2.62. The molecule has 0 amide bonds. The second kappa shape index (κ2) is 2.94. The maximum atomic E-state index is 10.7. The molecule has 0 aliphatic heterocycles. The fourth-order valence-electron chi connectivity index (χ4n) is 1.37. The monoisotopic (exact) mass is 175 g/mol. The number of nitrogens with one attached hydrogen (secondary N) is 1. The van der Waals surface area contributed by atoms with E-state index in [-0.39, 0.29) is 0 Å². The maximum absolute atomic E-state index is 10.7. The first-order chi connectivity index (χ1) is 6.35. The number of rotatable bonds is 2. The number of methoxy groups -OCH3 is 1. The minimum absolute atomic E-state index is 0.567. The smallest absolute Gasteiger partial charge is 0.153 e. The number of hydrogen-bond acceptors (Lipinski definition) is 2. The van der Waals surface area contributed by atoms with Gasteiger partial charge in [0.1, 0.15) is 5.75 Å². The number of benzene rings is 1. The number of aromatic amines is 1. The van der Waals surface area contributed by atoms with Crippen LogP contribution >= 0.6 is 0 Å². The van der Waals surface area contributed by atoms with Gasteiger partial charge in [0.2, 0.25) is 0 Å². The van der Waals surface area contributed by atoms with Crippen LogP contribution in [0.15, 0.2) is 24.4 Å². The Hall–Kier alpha value is -1.77. The summed E-state index contributed by atoms with van der Waals surface area (Å²) in [6, 6.07) is 5.56. The second-order valence-electron chi connectivity index (χ2n) is 2.78. The molecule has 0 saturated heterocycles. The largest absolute Gasteiger partial charge is 0.496 e. The van der Waals surface area contributed by atoms with E-state index in [4.69, 9.17) is 4.74 Å². The van der Waals surface area contributed by atoms with Crippen LogP contribution in [0.4, 0.5) is 0 Å². The molecule has 1 aromatic carbocycles. The van der Waals surface area contributed by atoms with E-state index in [0.717, 1.165) is 17.2 Å². The van der Waals surface area contributed by atoms with Crippen LogP contribution in [0, 0.1) is 0 Å². The molecule has 3 heteroatoms. The molecule has 1 N–H and O–H groups in total. The summed E-state index contributed by atoms with van der Waals surface area (Å²) in [5.74, 6) is 0.613. The van der Waals surface area contributed by atoms with Gasteiger partial charge in [0, 0.05) is 17.1 Å². The predicted octanol–water partition coefficient (Wildman–Crippen LogP) is 1.99. The van der Waals surface area contributed by atoms with E-state index in [1.807, 2.05) is 18.3 Å². The fraction of sp³-hybridized carbons (Fsp3) is 0.100. The quantitative estimate of drug-likeness (QED) is 0.709. The highest BCUT2D eigenvalue weighted by atomic mass is 16.5. The van der Waals surface area contributed by atoms with E-state index in [1.165, 1.54) is 0 Å². The van der Waals surface area contributed by atoms with Crippen molar-refractivity contribution in [2.75, 3.05) is 7.11 Å². The van der Waals surface area contributed by atoms with Gasteiger partial charge in [-0.05, 0) is 18.2 Å². The van der Waals surface area contributed by atoms with E-state index in [2.05, 4.69) is 4.98 Å². The lowest BCUT2D eigenvalue weighted by atomic mass is 10.1. The van der Waals surface area contributed by atoms with Crippen LogP contribution < -0.4 is 4.74 Å². The molecule has 0 atom stereocenters. The van der Waals surface area contributed by atoms with Crippen LogP contribution in [0.5, 0.6) is 5.75 Å². The van der Waals surface area contributed by atoms with E-state index >= 15 is 0 Å². The van der Waals surface area contributed by atoms with Crippen LogP contribution in [0.1, 0.15) is 10.4 Å². The van der Waals surface area contributed by atoms with Gasteiger partial charge in [0.05, 0.1) is 12.7 Å². The average molecular weight is 175 g/mol. The zero-order valence-corrected chi connectivity index (χ0v) is 7.20. The molecule has 66 valence electrons. The third kappa shape index (κ3) is 1.18. The highest BCUT2D eigenvalue weighted by Crippen LogP contribution is 2.23. The zero-order chi connectivity index (χ0) is 9.26. The Labute approximate surface area is 75.3 Å². The van der Waals surface area contributed by atoms with Crippen molar-refractivity contribution in [2.24, 2.45) is 0 Å². The summed E-state index contributed by atoms with van der Waals surface area (Å²) < 4.78 is 5.07. The van der Waals surface area contributed by atoms with Gasteiger partial charge in [-0.2, -0.15) is 0 Å². The molecule has 2 rings (SSSR count). The number of H-pyrrole nitrogens is 1. The maximum Gasteiger partial charge on any atom is 0.153 e. The molecule has 0 aliphatic rings. The number of carbonyl (C=O) groups excluding carboxylic acids is 1. The van der Waals surface area contributed by atoms with Gasteiger partial charge in [-0.3, -0.25) is 4.79 Å². The number of aldehydes is 1. The Kier molecular flexibility index (Phi) is 1.77. The summed E-state index contributed by atoms with van der Waals surface area (Å²) in [4.78, 5) is 13.7. The first kappa shape index (κ1) is 7.86. The van der Waals surface area contributed by atoms with Crippen molar-refractivity contribution in [3.8, 4) is 5.75 Å². The lowest BCUT2D eigenvalue weighted by Gasteiger charge is -2.02. The molecule has 0 radical (unpaired) electrons. The minimum Gasteiger partial charge on any atom is -0.496 e. The molecule has 0 unspecified atom stereocenters. The summed E-state index contributed by atoms with van der Waals surface area (Å²) in [5, 5.41) is 1.04. The molecule has 1 heterocycles. The zero-order valence-electron chi connectivity index (χ0n) is 7.20. The third-order valence-corrected chi connectivity index (χ3v) is 2.03. The molecule has 13 heavy (non-hydrogen) atoms. The first-order valence-corrected chi connectivity index (χ1v) is 3.95. The lowest BCUT2D eigenvalue weighted by Crippen LogP contribution is -1.89. The van der Waals surface area contributed by atoms with Gasteiger partial charge in [0.15, 0.2) is 6.29 Å². The Morgan fingerprint density at radius 3 is 3.00 bits per heavy atom. The highest BCUT2D eigenvalue weighted by molar-refractivity contribution is 5.90. The normalized spacial score (nSPS) is 10.2. The Bertz CT molecular complexity index is 445. The Balaban J connectivity index is 2.73. The number of hydrogen-bond donors (Lipinski definition) is 1. The minimum atomic E-state index is 0.567. The first-order valence-electron chi connectivity index (χ1n) is 3.95. The van der Waals surface area contributed by atoms with Crippen LogP contribution in [0.3, 0.4) is 0 Å². The van der Waals surface area contributed by atoms with Gasteiger partial charge in [-0.25, -0.2) is 0 Å². The standard InChI is InChI=1S/C10H9NO2/c1-13-10-5-7-2-3-11-9(7)4-8(10)6-12/h2-6,11H,1H3. The topological polar surface area (TPSA) is 42.1 Å². The molecule has 0 saturated carbocycles. The molecule has 0 spiro atoms. The van der Waals surface area contributed by atoms with Crippen LogP contribution in [0.2, 0.25) is 0 Å². The van der Waals surface area contributed by atoms with Gasteiger partial charge >= 0.3 is 0 Å². The Morgan fingerprint density at radius 2 is 2.31 bits per heavy atom. The van der Waals surface area contributed by atoms with Crippen molar-refractivity contribution in [2.45, 2.75) is 0 Å². The highest BCUT2D eigenvalue weighted by Gasteiger charge is 2.04. The van der Waals surface area contributed by atoms with Crippen molar-refractivity contribution in [3.05, 3.63) is 30.0 Å². The predicted molar refractivity (Wildman–Crippen MR) is 50.2 cm³/mol. The molecule has 3 nitrogen and oxygen atoms in total. The van der Waals surface area contributed by atoms with Crippen molar-refractivity contribution >= 4 is 17.2 Å². The summed E-state index contributed by atoms with van der Waals surface area (Å²) in [7, 11) is 1.56. The second-order valence-corrected chi connectivity index (χ2v) is 2.78. The van der Waals surface area contributed by atoms with Crippen molar-refractivity contribution in [1.82, 2.24) is 4.98 Å². The number of aromatic nitrogens is 1. The fourth-order valence-corrected chi connectivity index (χ4v) is 1.37. The summed E-state index contributed by atoms with van der Waals surface area (Å²) in [6.45, 7) is 0. The van der Waals surface area contributed by atoms with Crippen LogP contribution in [-0.2, 0) is 0 Å². The average Bonchev–Trinajstić information content (AvgIpc) is 2.62. The van der Waals surface area contributed by atoms with Crippen molar-refractivity contribution < 1.29 is 9.53 Å². The van der Waals surface area contributed by atoms with E-state index < -0.39 is 0 Å². The molecule has 0 bridgehead atoms. The van der Waals surface area contributed by atoms with Crippen LogP contribution in [0.25, 0.3) is 10.9 Å². The van der Waals surface area contributed by atoms with Crippen molar-refractivity contribution in [1.29, 1.82) is 0 Å². The van der Waals surface area contributed by atoms with Gasteiger partial charge in [0.25, 0.3) is 0 Å². The van der Waals surface area contributed by atoms with E-state index in [9.17, 15) is 4.79 Å².